The second-order valence-corrected chi connectivity index (χ2v) is 8.19. The summed E-state index contributed by atoms with van der Waals surface area (Å²) in [5.41, 5.74) is 5.01. The number of carbonyl (C=O) groups is 1. The van der Waals surface area contributed by atoms with Crippen LogP contribution in [0.25, 0.3) is 0 Å². The fourth-order valence-electron chi connectivity index (χ4n) is 3.60. The van der Waals surface area contributed by atoms with E-state index in [0.717, 1.165) is 34.2 Å². The van der Waals surface area contributed by atoms with Crippen molar-refractivity contribution in [3.05, 3.63) is 64.9 Å². The topological polar surface area (TPSA) is 96.0 Å². The summed E-state index contributed by atoms with van der Waals surface area (Å²) in [6.45, 7) is 9.50. The number of nitrogens with zero attached hydrogens (tertiary/aromatic N) is 4. The van der Waals surface area contributed by atoms with Crippen molar-refractivity contribution in [3.8, 4) is 0 Å². The van der Waals surface area contributed by atoms with Crippen LogP contribution in [-0.2, 0) is 4.74 Å². The van der Waals surface area contributed by atoms with E-state index in [1.54, 1.807) is 11.1 Å². The van der Waals surface area contributed by atoms with Crippen molar-refractivity contribution in [2.75, 3.05) is 25.0 Å². The number of aryl methyl sites for hydroxylation is 2. The summed E-state index contributed by atoms with van der Waals surface area (Å²) in [5, 5.41) is 10.5. The number of pyridine rings is 2. The molecule has 1 atom stereocenters. The van der Waals surface area contributed by atoms with Gasteiger partial charge < -0.3 is 15.0 Å². The minimum atomic E-state index is -0.300. The van der Waals surface area contributed by atoms with E-state index < -0.39 is 0 Å². The highest BCUT2D eigenvalue weighted by atomic mass is 16.5. The lowest BCUT2D eigenvalue weighted by Crippen LogP contribution is -2.42. The lowest BCUT2D eigenvalue weighted by Gasteiger charge is -2.32. The van der Waals surface area contributed by atoms with E-state index >= 15 is 0 Å². The van der Waals surface area contributed by atoms with Crippen LogP contribution < -0.4 is 5.32 Å². The Morgan fingerprint density at radius 1 is 1.29 bits per heavy atom. The van der Waals surface area contributed by atoms with Gasteiger partial charge in [-0.25, -0.2) is 4.98 Å². The standard InChI is InChI=1S/C23H28N6O2/c1-14(2)18-12-20(28-27-18)23(30)29-8-9-31-21(13-29)19-11-17(10-16(4)25-19)26-22-15(3)6-5-7-24-22/h5-7,10-12,14,21H,8-9,13H2,1-4H3,(H,27,28)(H,24,25,26). The Hall–Kier alpha value is -3.26. The molecule has 1 aliphatic rings. The molecule has 2 N–H and O–H groups in total. The molecule has 31 heavy (non-hydrogen) atoms. The number of hydrogen-bond donors (Lipinski definition) is 2. The van der Waals surface area contributed by atoms with Gasteiger partial charge in [-0.15, -0.1) is 0 Å². The minimum Gasteiger partial charge on any atom is -0.368 e. The van der Waals surface area contributed by atoms with Crippen LogP contribution in [-0.4, -0.2) is 50.7 Å². The largest absolute Gasteiger partial charge is 0.368 e. The summed E-state index contributed by atoms with van der Waals surface area (Å²) < 4.78 is 5.98. The van der Waals surface area contributed by atoms with Crippen LogP contribution in [0.15, 0.2) is 36.5 Å². The zero-order chi connectivity index (χ0) is 22.0. The van der Waals surface area contributed by atoms with Gasteiger partial charge in [0.05, 0.1) is 18.8 Å². The van der Waals surface area contributed by atoms with Crippen molar-refractivity contribution in [3.63, 3.8) is 0 Å². The molecule has 0 spiro atoms. The lowest BCUT2D eigenvalue weighted by atomic mass is 10.1. The molecule has 0 bridgehead atoms. The third-order valence-corrected chi connectivity index (χ3v) is 5.37. The number of nitrogens with one attached hydrogen (secondary N) is 2. The molecule has 0 aliphatic carbocycles. The Morgan fingerprint density at radius 3 is 2.87 bits per heavy atom. The van der Waals surface area contributed by atoms with Gasteiger partial charge in [-0.3, -0.25) is 14.9 Å². The average molecular weight is 421 g/mol. The van der Waals surface area contributed by atoms with E-state index in [4.69, 9.17) is 4.74 Å². The van der Waals surface area contributed by atoms with E-state index in [-0.39, 0.29) is 17.9 Å². The monoisotopic (exact) mass is 420 g/mol. The number of anilines is 2. The first kappa shape index (κ1) is 21.0. The van der Waals surface area contributed by atoms with Crippen molar-refractivity contribution in [1.82, 2.24) is 25.1 Å². The number of amides is 1. The minimum absolute atomic E-state index is 0.0911. The van der Waals surface area contributed by atoms with E-state index in [0.29, 0.717) is 25.4 Å². The number of ether oxygens (including phenoxy) is 1. The second kappa shape index (κ2) is 8.85. The number of H-pyrrole nitrogens is 1. The van der Waals surface area contributed by atoms with Crippen molar-refractivity contribution in [2.45, 2.75) is 39.7 Å². The van der Waals surface area contributed by atoms with Crippen LogP contribution in [0.4, 0.5) is 11.5 Å². The van der Waals surface area contributed by atoms with Gasteiger partial charge >= 0.3 is 0 Å². The number of aromatic nitrogens is 4. The number of aromatic amines is 1. The first-order valence-corrected chi connectivity index (χ1v) is 10.5. The summed E-state index contributed by atoms with van der Waals surface area (Å²) in [7, 11) is 0. The third kappa shape index (κ3) is 4.74. The van der Waals surface area contributed by atoms with E-state index in [1.165, 1.54) is 0 Å². The Bertz CT molecular complexity index is 1080. The molecule has 0 radical (unpaired) electrons. The first-order valence-electron chi connectivity index (χ1n) is 10.5. The van der Waals surface area contributed by atoms with Crippen LogP contribution >= 0.6 is 0 Å². The molecule has 0 aromatic carbocycles. The third-order valence-electron chi connectivity index (χ3n) is 5.37. The molecule has 0 saturated carbocycles. The van der Waals surface area contributed by atoms with Gasteiger partial charge in [0.2, 0.25) is 0 Å². The highest BCUT2D eigenvalue weighted by molar-refractivity contribution is 5.92. The zero-order valence-corrected chi connectivity index (χ0v) is 18.3. The molecule has 1 aliphatic heterocycles. The second-order valence-electron chi connectivity index (χ2n) is 8.19. The van der Waals surface area contributed by atoms with Gasteiger partial charge in [-0.2, -0.15) is 5.10 Å². The summed E-state index contributed by atoms with van der Waals surface area (Å²) in [4.78, 5) is 23.8. The molecule has 8 nitrogen and oxygen atoms in total. The number of rotatable bonds is 5. The molecule has 3 aromatic heterocycles. The van der Waals surface area contributed by atoms with Crippen molar-refractivity contribution < 1.29 is 9.53 Å². The van der Waals surface area contributed by atoms with Crippen LogP contribution in [0.1, 0.15) is 59.0 Å². The quantitative estimate of drug-likeness (QED) is 0.650. The van der Waals surface area contributed by atoms with Gasteiger partial charge in [0.15, 0.2) is 0 Å². The molecule has 4 heterocycles. The van der Waals surface area contributed by atoms with Crippen LogP contribution in [0.5, 0.6) is 0 Å². The zero-order valence-electron chi connectivity index (χ0n) is 18.3. The molecule has 8 heteroatoms. The normalized spacial score (nSPS) is 16.5. The Morgan fingerprint density at radius 2 is 2.13 bits per heavy atom. The highest BCUT2D eigenvalue weighted by Gasteiger charge is 2.28. The van der Waals surface area contributed by atoms with Crippen molar-refractivity contribution in [1.29, 1.82) is 0 Å². The highest BCUT2D eigenvalue weighted by Crippen LogP contribution is 2.26. The van der Waals surface area contributed by atoms with E-state index in [1.807, 2.05) is 44.2 Å². The molecule has 1 unspecified atom stereocenters. The maximum absolute atomic E-state index is 13.0. The van der Waals surface area contributed by atoms with E-state index in [9.17, 15) is 4.79 Å². The van der Waals surface area contributed by atoms with Crippen molar-refractivity contribution >= 4 is 17.4 Å². The Kier molecular flexibility index (Phi) is 5.99. The van der Waals surface area contributed by atoms with Crippen molar-refractivity contribution in [2.24, 2.45) is 0 Å². The SMILES string of the molecule is Cc1cc(Nc2ncccc2C)cc(C2CN(C(=O)c3cc(C(C)C)[nH]n3)CCO2)n1. The Labute approximate surface area is 182 Å². The van der Waals surface area contributed by atoms with E-state index in [2.05, 4.69) is 39.3 Å². The van der Waals surface area contributed by atoms with Gasteiger partial charge in [0, 0.05) is 29.8 Å². The molecule has 4 rings (SSSR count). The summed E-state index contributed by atoms with van der Waals surface area (Å²) in [5.74, 6) is 1.00. The summed E-state index contributed by atoms with van der Waals surface area (Å²) in [6, 6.07) is 9.69. The van der Waals surface area contributed by atoms with Gasteiger partial charge in [-0.05, 0) is 49.6 Å². The number of carbonyl (C=O) groups excluding carboxylic acids is 1. The van der Waals surface area contributed by atoms with Crippen LogP contribution in [0, 0.1) is 13.8 Å². The molecule has 1 fully saturated rings. The predicted octanol–water partition coefficient (Wildman–Crippen LogP) is 3.90. The smallest absolute Gasteiger partial charge is 0.274 e. The van der Waals surface area contributed by atoms with Gasteiger partial charge in [0.25, 0.3) is 5.91 Å². The molecule has 162 valence electrons. The van der Waals surface area contributed by atoms with Gasteiger partial charge in [-0.1, -0.05) is 19.9 Å². The van der Waals surface area contributed by atoms with Gasteiger partial charge in [0.1, 0.15) is 17.6 Å². The fourth-order valence-corrected chi connectivity index (χ4v) is 3.60. The summed E-state index contributed by atoms with van der Waals surface area (Å²) >= 11 is 0. The van der Waals surface area contributed by atoms with Crippen LogP contribution in [0.2, 0.25) is 0 Å². The number of morpholine rings is 1. The number of hydrogen-bond acceptors (Lipinski definition) is 6. The maximum Gasteiger partial charge on any atom is 0.274 e. The molecule has 1 amide bonds. The average Bonchev–Trinajstić information content (AvgIpc) is 3.25. The molecule has 1 saturated heterocycles. The summed E-state index contributed by atoms with van der Waals surface area (Å²) in [6.07, 6.45) is 1.46. The molecular weight excluding hydrogens is 392 g/mol. The molecule has 3 aromatic rings. The lowest BCUT2D eigenvalue weighted by molar-refractivity contribution is -0.0249. The van der Waals surface area contributed by atoms with Crippen LogP contribution in [0.3, 0.4) is 0 Å². The fraction of sp³-hybridized carbons (Fsp3) is 0.391. The maximum atomic E-state index is 13.0. The Balaban J connectivity index is 1.52. The molecular formula is C23H28N6O2. The first-order chi connectivity index (χ1) is 14.9. The predicted molar refractivity (Wildman–Crippen MR) is 119 cm³/mol.